The van der Waals surface area contributed by atoms with Crippen LogP contribution in [-0.4, -0.2) is 40.6 Å². The quantitative estimate of drug-likeness (QED) is 0.377. The van der Waals surface area contributed by atoms with E-state index in [2.05, 4.69) is 16.4 Å². The molecular formula is C29H26N4O4. The predicted octanol–water partition coefficient (Wildman–Crippen LogP) is 3.45. The zero-order valence-corrected chi connectivity index (χ0v) is 20.1. The summed E-state index contributed by atoms with van der Waals surface area (Å²) in [5.74, 6) is 1.11. The lowest BCUT2D eigenvalue weighted by Gasteiger charge is -2.44. The van der Waals surface area contributed by atoms with Crippen LogP contribution in [0.1, 0.15) is 34.8 Å². The van der Waals surface area contributed by atoms with Crippen LogP contribution in [0.4, 0.5) is 5.69 Å². The molecule has 8 heteroatoms. The first-order valence-corrected chi connectivity index (χ1v) is 12.6. The van der Waals surface area contributed by atoms with Crippen LogP contribution in [0.15, 0.2) is 66.7 Å². The highest BCUT2D eigenvalue weighted by Gasteiger charge is 2.46. The Morgan fingerprint density at radius 3 is 2.65 bits per heavy atom. The van der Waals surface area contributed by atoms with Crippen molar-refractivity contribution < 1.29 is 19.1 Å². The predicted molar refractivity (Wildman–Crippen MR) is 138 cm³/mol. The summed E-state index contributed by atoms with van der Waals surface area (Å²) in [7, 11) is 0. The van der Waals surface area contributed by atoms with Gasteiger partial charge < -0.3 is 30.4 Å². The molecule has 0 saturated carbocycles. The number of carbonyl (C=O) groups is 2. The van der Waals surface area contributed by atoms with E-state index in [1.807, 2.05) is 60.7 Å². The summed E-state index contributed by atoms with van der Waals surface area (Å²) in [5, 5.41) is 3.84. The molecule has 3 aliphatic heterocycles. The van der Waals surface area contributed by atoms with E-state index in [0.29, 0.717) is 24.3 Å². The molecule has 1 saturated heterocycles. The number of benzene rings is 3. The molecule has 8 nitrogen and oxygen atoms in total. The minimum absolute atomic E-state index is 0.000837. The van der Waals surface area contributed by atoms with E-state index in [-0.39, 0.29) is 18.4 Å². The second-order valence-electron chi connectivity index (χ2n) is 9.86. The Labute approximate surface area is 213 Å². The Morgan fingerprint density at radius 1 is 0.973 bits per heavy atom. The highest BCUT2D eigenvalue weighted by molar-refractivity contribution is 5.97. The van der Waals surface area contributed by atoms with Gasteiger partial charge in [0.2, 0.25) is 18.1 Å². The lowest BCUT2D eigenvalue weighted by molar-refractivity contribution is -0.148. The number of fused-ring (bicyclic) bond motifs is 5. The third kappa shape index (κ3) is 3.59. The molecule has 7 rings (SSSR count). The molecule has 4 aromatic rings. The Kier molecular flexibility index (Phi) is 4.89. The number of H-pyrrole nitrogens is 1. The molecule has 3 aromatic carbocycles. The maximum Gasteiger partial charge on any atom is 0.243 e. The van der Waals surface area contributed by atoms with Crippen molar-refractivity contribution in [2.45, 2.75) is 37.6 Å². The number of ether oxygens (including phenoxy) is 2. The van der Waals surface area contributed by atoms with Crippen LogP contribution < -0.4 is 20.5 Å². The van der Waals surface area contributed by atoms with Crippen molar-refractivity contribution in [3.63, 3.8) is 0 Å². The van der Waals surface area contributed by atoms with Crippen molar-refractivity contribution in [1.29, 1.82) is 0 Å². The molecular weight excluding hydrogens is 468 g/mol. The van der Waals surface area contributed by atoms with Gasteiger partial charge in [-0.25, -0.2) is 0 Å². The molecule has 4 heterocycles. The molecule has 1 unspecified atom stereocenters. The number of hydrogen-bond acceptors (Lipinski definition) is 5. The fourth-order valence-corrected chi connectivity index (χ4v) is 5.80. The molecule has 0 spiro atoms. The molecule has 1 aromatic heterocycles. The molecule has 3 atom stereocenters. The largest absolute Gasteiger partial charge is 0.451 e. The van der Waals surface area contributed by atoms with Gasteiger partial charge in [-0.1, -0.05) is 36.4 Å². The minimum atomic E-state index is -0.559. The minimum Gasteiger partial charge on any atom is -0.451 e. The van der Waals surface area contributed by atoms with Crippen molar-refractivity contribution in [3.8, 4) is 11.5 Å². The number of aryl methyl sites for hydroxylation is 1. The zero-order valence-electron chi connectivity index (χ0n) is 20.1. The van der Waals surface area contributed by atoms with Gasteiger partial charge in [0.15, 0.2) is 11.5 Å². The summed E-state index contributed by atoms with van der Waals surface area (Å²) < 4.78 is 12.2. The molecule has 1 fully saturated rings. The number of amides is 2. The van der Waals surface area contributed by atoms with Gasteiger partial charge in [-0.3, -0.25) is 9.59 Å². The number of piperazine rings is 1. The van der Waals surface area contributed by atoms with Crippen molar-refractivity contribution in [3.05, 3.63) is 89.1 Å². The number of aromatic nitrogens is 1. The van der Waals surface area contributed by atoms with Gasteiger partial charge >= 0.3 is 0 Å². The lowest BCUT2D eigenvalue weighted by Crippen LogP contribution is -2.61. The SMILES string of the molecule is Nc1ccc(CCC2Oc3ccc([C@@H]4c5[nH]c6ccccc6c5C[C@@H]5C(=O)NCC(=O)N45)cc3O2)cc1. The van der Waals surface area contributed by atoms with Crippen LogP contribution in [0.5, 0.6) is 11.5 Å². The maximum atomic E-state index is 13.1. The van der Waals surface area contributed by atoms with E-state index in [9.17, 15) is 9.59 Å². The van der Waals surface area contributed by atoms with Crippen LogP contribution in [0.3, 0.4) is 0 Å². The molecule has 186 valence electrons. The van der Waals surface area contributed by atoms with Gasteiger partial charge in [0.1, 0.15) is 6.04 Å². The highest BCUT2D eigenvalue weighted by atomic mass is 16.7. The summed E-state index contributed by atoms with van der Waals surface area (Å²) in [4.78, 5) is 31.3. The summed E-state index contributed by atoms with van der Waals surface area (Å²) in [6, 6.07) is 20.7. The number of nitrogens with zero attached hydrogens (tertiary/aromatic N) is 1. The second kappa shape index (κ2) is 8.30. The van der Waals surface area contributed by atoms with Gasteiger partial charge in [0.25, 0.3) is 0 Å². The maximum absolute atomic E-state index is 13.1. The molecule has 0 aliphatic carbocycles. The van der Waals surface area contributed by atoms with Crippen LogP contribution in [-0.2, 0) is 22.4 Å². The number of nitrogens with two attached hydrogens (primary N) is 1. The van der Waals surface area contributed by atoms with Gasteiger partial charge in [-0.05, 0) is 53.4 Å². The first kappa shape index (κ1) is 21.8. The third-order valence-corrected chi connectivity index (χ3v) is 7.58. The Hall–Kier alpha value is -4.46. The summed E-state index contributed by atoms with van der Waals surface area (Å²) in [5.41, 5.74) is 11.6. The topological polar surface area (TPSA) is 110 Å². The number of para-hydroxylation sites is 1. The van der Waals surface area contributed by atoms with Crippen LogP contribution in [0.2, 0.25) is 0 Å². The fourth-order valence-electron chi connectivity index (χ4n) is 5.80. The van der Waals surface area contributed by atoms with E-state index in [1.54, 1.807) is 4.90 Å². The molecule has 4 N–H and O–H groups in total. The third-order valence-electron chi connectivity index (χ3n) is 7.58. The number of aromatic amines is 1. The number of nitrogens with one attached hydrogen (secondary N) is 2. The van der Waals surface area contributed by atoms with E-state index in [0.717, 1.165) is 39.8 Å². The molecule has 3 aliphatic rings. The first-order chi connectivity index (χ1) is 18.0. The monoisotopic (exact) mass is 494 g/mol. The standard InChI is InChI=1S/C29H26N4O4/c30-18-9-5-16(6-10-18)7-12-26-36-23-11-8-17(13-24(23)37-26)28-27-20(19-3-1-2-4-21(19)32-27)14-22-29(35)31-15-25(34)33(22)28/h1-6,8-11,13,22,26,28,32H,7,12,14-15,30H2,(H,31,35)/t22-,26?,28-/m1/s1. The smallest absolute Gasteiger partial charge is 0.243 e. The Balaban J connectivity index is 1.22. The van der Waals surface area contributed by atoms with E-state index in [1.165, 1.54) is 5.56 Å². The zero-order chi connectivity index (χ0) is 25.1. The Bertz CT molecular complexity index is 1540. The van der Waals surface area contributed by atoms with Gasteiger partial charge in [0.05, 0.1) is 12.6 Å². The summed E-state index contributed by atoms with van der Waals surface area (Å²) >= 11 is 0. The van der Waals surface area contributed by atoms with Crippen LogP contribution >= 0.6 is 0 Å². The van der Waals surface area contributed by atoms with Crippen molar-refractivity contribution >= 4 is 28.4 Å². The number of hydrogen-bond donors (Lipinski definition) is 3. The van der Waals surface area contributed by atoms with E-state index in [4.69, 9.17) is 15.2 Å². The molecule has 0 radical (unpaired) electrons. The number of carbonyl (C=O) groups excluding carboxylic acids is 2. The van der Waals surface area contributed by atoms with Crippen molar-refractivity contribution in [2.75, 3.05) is 12.3 Å². The Morgan fingerprint density at radius 2 is 1.78 bits per heavy atom. The molecule has 0 bridgehead atoms. The van der Waals surface area contributed by atoms with Crippen LogP contribution in [0.25, 0.3) is 10.9 Å². The van der Waals surface area contributed by atoms with Crippen molar-refractivity contribution in [2.24, 2.45) is 0 Å². The lowest BCUT2D eigenvalue weighted by atomic mass is 9.86. The average Bonchev–Trinajstić information content (AvgIpc) is 3.50. The summed E-state index contributed by atoms with van der Waals surface area (Å²) in [6.45, 7) is -0.000837. The molecule has 37 heavy (non-hydrogen) atoms. The second-order valence-corrected chi connectivity index (χ2v) is 9.86. The number of rotatable bonds is 4. The number of nitrogen functional groups attached to an aromatic ring is 1. The van der Waals surface area contributed by atoms with Gasteiger partial charge in [-0.15, -0.1) is 0 Å². The van der Waals surface area contributed by atoms with E-state index >= 15 is 0 Å². The van der Waals surface area contributed by atoms with Crippen LogP contribution in [0, 0.1) is 0 Å². The number of anilines is 1. The highest BCUT2D eigenvalue weighted by Crippen LogP contribution is 2.45. The first-order valence-electron chi connectivity index (χ1n) is 12.6. The molecule has 2 amide bonds. The van der Waals surface area contributed by atoms with Crippen molar-refractivity contribution in [1.82, 2.24) is 15.2 Å². The fraction of sp³-hybridized carbons (Fsp3) is 0.241. The van der Waals surface area contributed by atoms with Gasteiger partial charge in [0, 0.05) is 35.1 Å². The normalized spacial score (nSPS) is 22.1. The average molecular weight is 495 g/mol. The van der Waals surface area contributed by atoms with E-state index < -0.39 is 18.4 Å². The summed E-state index contributed by atoms with van der Waals surface area (Å²) in [6.07, 6.45) is 1.57. The van der Waals surface area contributed by atoms with Gasteiger partial charge in [-0.2, -0.15) is 0 Å².